The fourth-order valence-electron chi connectivity index (χ4n) is 5.15. The van der Waals surface area contributed by atoms with Gasteiger partial charge in [-0.1, -0.05) is 49.7 Å². The van der Waals surface area contributed by atoms with Gasteiger partial charge in [0.05, 0.1) is 17.1 Å². The summed E-state index contributed by atoms with van der Waals surface area (Å²) in [4.78, 5) is 18.8. The molecule has 2 aromatic carbocycles. The van der Waals surface area contributed by atoms with Gasteiger partial charge in [-0.2, -0.15) is 0 Å². The average Bonchev–Trinajstić information content (AvgIpc) is 3.35. The molecule has 0 aliphatic heterocycles. The lowest BCUT2D eigenvalue weighted by atomic mass is 10.0. The van der Waals surface area contributed by atoms with Gasteiger partial charge in [-0.15, -0.1) is 5.10 Å². The van der Waals surface area contributed by atoms with E-state index in [-0.39, 0.29) is 17.1 Å². The van der Waals surface area contributed by atoms with Gasteiger partial charge in [-0.25, -0.2) is 4.68 Å². The van der Waals surface area contributed by atoms with Gasteiger partial charge in [-0.05, 0) is 98.5 Å². The standard InChI is InChI=1S/C30H40N6O/c1-8-26(28-32-33-34-36(28)30(6,7)9-2)35(15-14-23-13-11-10-12-21(23)4)19-25-18-24-17-20(3)16-22(5)27(24)31-29(25)37/h10-13,16-18,26H,8-9,14-15,19H2,1-7H3,(H,31,37). The maximum absolute atomic E-state index is 13.3. The first kappa shape index (κ1) is 26.7. The molecule has 0 spiro atoms. The van der Waals surface area contributed by atoms with Crippen molar-refractivity contribution < 1.29 is 0 Å². The number of hydrogen-bond donors (Lipinski definition) is 1. The predicted octanol–water partition coefficient (Wildman–Crippen LogP) is 5.78. The highest BCUT2D eigenvalue weighted by Gasteiger charge is 2.31. The fraction of sp³-hybridized carbons (Fsp3) is 0.467. The molecule has 7 heteroatoms. The van der Waals surface area contributed by atoms with E-state index in [9.17, 15) is 4.79 Å². The van der Waals surface area contributed by atoms with Crippen molar-refractivity contribution in [2.45, 2.75) is 85.9 Å². The van der Waals surface area contributed by atoms with Crippen molar-refractivity contribution in [3.8, 4) is 0 Å². The number of rotatable bonds is 10. The maximum Gasteiger partial charge on any atom is 0.252 e. The highest BCUT2D eigenvalue weighted by molar-refractivity contribution is 5.82. The number of nitrogens with zero attached hydrogens (tertiary/aromatic N) is 5. The number of tetrazole rings is 1. The molecule has 4 rings (SSSR count). The Bertz CT molecular complexity index is 1430. The molecule has 7 nitrogen and oxygen atoms in total. The average molecular weight is 501 g/mol. The van der Waals surface area contributed by atoms with E-state index >= 15 is 0 Å². The zero-order valence-corrected chi connectivity index (χ0v) is 23.3. The van der Waals surface area contributed by atoms with Crippen LogP contribution in [0.3, 0.4) is 0 Å². The number of benzene rings is 2. The van der Waals surface area contributed by atoms with E-state index in [1.165, 1.54) is 16.7 Å². The lowest BCUT2D eigenvalue weighted by Gasteiger charge is -2.33. The topological polar surface area (TPSA) is 79.7 Å². The molecule has 196 valence electrons. The van der Waals surface area contributed by atoms with Gasteiger partial charge in [0.25, 0.3) is 5.56 Å². The van der Waals surface area contributed by atoms with Crippen molar-refractivity contribution in [3.05, 3.63) is 86.5 Å². The maximum atomic E-state index is 13.3. The second kappa shape index (κ2) is 11.0. The van der Waals surface area contributed by atoms with Gasteiger partial charge < -0.3 is 4.98 Å². The number of H-pyrrole nitrogens is 1. The van der Waals surface area contributed by atoms with E-state index < -0.39 is 0 Å². The van der Waals surface area contributed by atoms with Crippen molar-refractivity contribution in [3.63, 3.8) is 0 Å². The normalized spacial score (nSPS) is 13.0. The SMILES string of the molecule is CCC(c1nnnn1C(C)(C)CC)N(CCc1ccccc1C)Cc1cc2cc(C)cc(C)c2[nH]c1=O. The Kier molecular flexibility index (Phi) is 7.93. The molecule has 0 fully saturated rings. The second-order valence-electron chi connectivity index (χ2n) is 10.9. The minimum atomic E-state index is -0.205. The van der Waals surface area contributed by atoms with Crippen molar-refractivity contribution >= 4 is 10.9 Å². The molecule has 2 heterocycles. The fourth-order valence-corrected chi connectivity index (χ4v) is 5.15. The van der Waals surface area contributed by atoms with Crippen molar-refractivity contribution in [1.82, 2.24) is 30.1 Å². The number of aromatic nitrogens is 5. The van der Waals surface area contributed by atoms with Crippen LogP contribution in [0.1, 0.15) is 80.2 Å². The molecule has 0 aliphatic rings. The van der Waals surface area contributed by atoms with Gasteiger partial charge in [0, 0.05) is 18.7 Å². The number of aryl methyl sites for hydroxylation is 3. The molecule has 1 N–H and O–H groups in total. The third-order valence-corrected chi connectivity index (χ3v) is 7.73. The lowest BCUT2D eigenvalue weighted by molar-refractivity contribution is 0.160. The number of aromatic amines is 1. The molecule has 37 heavy (non-hydrogen) atoms. The Hall–Kier alpha value is -3.32. The van der Waals surface area contributed by atoms with Crippen LogP contribution in [-0.2, 0) is 18.5 Å². The van der Waals surface area contributed by atoms with Crippen LogP contribution in [0.15, 0.2) is 47.3 Å². The van der Waals surface area contributed by atoms with Gasteiger partial charge in [0.1, 0.15) is 0 Å². The Morgan fingerprint density at radius 2 is 1.78 bits per heavy atom. The summed E-state index contributed by atoms with van der Waals surface area (Å²) < 4.78 is 1.97. The minimum absolute atomic E-state index is 0.0285. The molecule has 0 radical (unpaired) electrons. The summed E-state index contributed by atoms with van der Waals surface area (Å²) in [5.74, 6) is 0.850. The lowest BCUT2D eigenvalue weighted by Crippen LogP contribution is -2.37. The Balaban J connectivity index is 1.76. The van der Waals surface area contributed by atoms with E-state index in [2.05, 4.69) is 109 Å². The zero-order valence-electron chi connectivity index (χ0n) is 23.3. The summed E-state index contributed by atoms with van der Waals surface area (Å²) in [7, 11) is 0. The largest absolute Gasteiger partial charge is 0.321 e. The molecule has 0 aliphatic carbocycles. The van der Waals surface area contributed by atoms with E-state index in [0.29, 0.717) is 6.54 Å². The van der Waals surface area contributed by atoms with E-state index in [4.69, 9.17) is 0 Å². The highest BCUT2D eigenvalue weighted by Crippen LogP contribution is 2.29. The van der Waals surface area contributed by atoms with Crippen LogP contribution in [0.2, 0.25) is 0 Å². The molecule has 0 saturated heterocycles. The highest BCUT2D eigenvalue weighted by atomic mass is 16.1. The number of fused-ring (bicyclic) bond motifs is 1. The van der Waals surface area contributed by atoms with E-state index in [1.54, 1.807) is 0 Å². The smallest absolute Gasteiger partial charge is 0.252 e. The third kappa shape index (κ3) is 5.67. The zero-order chi connectivity index (χ0) is 26.7. The molecule has 1 atom stereocenters. The number of pyridine rings is 1. The van der Waals surface area contributed by atoms with Crippen LogP contribution in [0, 0.1) is 20.8 Å². The molecule has 4 aromatic rings. The van der Waals surface area contributed by atoms with E-state index in [0.717, 1.165) is 53.7 Å². The Morgan fingerprint density at radius 3 is 2.49 bits per heavy atom. The summed E-state index contributed by atoms with van der Waals surface area (Å²) in [6.45, 7) is 16.2. The van der Waals surface area contributed by atoms with Crippen molar-refractivity contribution in [1.29, 1.82) is 0 Å². The van der Waals surface area contributed by atoms with Crippen LogP contribution in [0.4, 0.5) is 0 Å². The summed E-state index contributed by atoms with van der Waals surface area (Å²) in [6.07, 6.45) is 2.62. The predicted molar refractivity (Wildman–Crippen MR) is 150 cm³/mol. The van der Waals surface area contributed by atoms with Gasteiger partial charge in [0.15, 0.2) is 5.82 Å². The quantitative estimate of drug-likeness (QED) is 0.299. The molecular weight excluding hydrogens is 460 g/mol. The van der Waals surface area contributed by atoms with Crippen LogP contribution in [-0.4, -0.2) is 36.6 Å². The summed E-state index contributed by atoms with van der Waals surface area (Å²) in [5.41, 5.74) is 6.29. The van der Waals surface area contributed by atoms with Crippen LogP contribution in [0.25, 0.3) is 10.9 Å². The molecule has 0 saturated carbocycles. The van der Waals surface area contributed by atoms with Crippen LogP contribution >= 0.6 is 0 Å². The summed E-state index contributed by atoms with van der Waals surface area (Å²) >= 11 is 0. The van der Waals surface area contributed by atoms with Gasteiger partial charge in [0.2, 0.25) is 0 Å². The van der Waals surface area contributed by atoms with Crippen molar-refractivity contribution in [2.24, 2.45) is 0 Å². The first-order valence-electron chi connectivity index (χ1n) is 13.3. The number of nitrogens with one attached hydrogen (secondary N) is 1. The molecule has 0 amide bonds. The van der Waals surface area contributed by atoms with E-state index in [1.807, 2.05) is 11.6 Å². The molecule has 2 aromatic heterocycles. The van der Waals surface area contributed by atoms with Crippen molar-refractivity contribution in [2.75, 3.05) is 6.54 Å². The van der Waals surface area contributed by atoms with Crippen LogP contribution in [0.5, 0.6) is 0 Å². The Morgan fingerprint density at radius 1 is 1.03 bits per heavy atom. The first-order valence-corrected chi connectivity index (χ1v) is 13.3. The first-order chi connectivity index (χ1) is 17.6. The molecular formula is C30H40N6O. The Labute approximate surface area is 219 Å². The summed E-state index contributed by atoms with van der Waals surface area (Å²) in [5, 5.41) is 14.0. The van der Waals surface area contributed by atoms with Gasteiger partial charge >= 0.3 is 0 Å². The monoisotopic (exact) mass is 500 g/mol. The van der Waals surface area contributed by atoms with Gasteiger partial charge in [-0.3, -0.25) is 9.69 Å². The minimum Gasteiger partial charge on any atom is -0.321 e. The third-order valence-electron chi connectivity index (χ3n) is 7.73. The van der Waals surface area contributed by atoms with Crippen LogP contribution < -0.4 is 5.56 Å². The molecule has 1 unspecified atom stereocenters. The molecule has 0 bridgehead atoms. The number of hydrogen-bond acceptors (Lipinski definition) is 5. The second-order valence-corrected chi connectivity index (χ2v) is 10.9. The summed E-state index contributed by atoms with van der Waals surface area (Å²) in [6, 6.07) is 14.8.